The van der Waals surface area contributed by atoms with Gasteiger partial charge < -0.3 is 9.80 Å². The highest BCUT2D eigenvalue weighted by atomic mass is 15.2. The standard InChI is InChI=1S/C29H57N3/c1-27(2,3)23-15-16-24(31(9)22-23)21-29(6,7)26-13-10-11-19-32(26)20-17-28(4,5)25-14-12-18-30(25)8/h23-26H,10-22H2,1-9H3. The van der Waals surface area contributed by atoms with Crippen LogP contribution in [0.25, 0.3) is 0 Å². The van der Waals surface area contributed by atoms with E-state index in [0.29, 0.717) is 16.2 Å². The Kier molecular flexibility index (Phi) is 8.48. The van der Waals surface area contributed by atoms with Gasteiger partial charge in [-0.25, -0.2) is 0 Å². The summed E-state index contributed by atoms with van der Waals surface area (Å²) in [7, 11) is 4.75. The van der Waals surface area contributed by atoms with Crippen LogP contribution >= 0.6 is 0 Å². The zero-order valence-electron chi connectivity index (χ0n) is 23.3. The van der Waals surface area contributed by atoms with Gasteiger partial charge in [-0.15, -0.1) is 0 Å². The molecule has 3 saturated heterocycles. The SMILES string of the molecule is CN1CC(C(C)(C)C)CCC1CC(C)(C)C1CCCCN1CCC(C)(C)C1CCCN1C. The van der Waals surface area contributed by atoms with Gasteiger partial charge in [0.1, 0.15) is 0 Å². The van der Waals surface area contributed by atoms with E-state index >= 15 is 0 Å². The van der Waals surface area contributed by atoms with Gasteiger partial charge in [-0.3, -0.25) is 4.90 Å². The van der Waals surface area contributed by atoms with Crippen molar-refractivity contribution >= 4 is 0 Å². The molecule has 0 N–H and O–H groups in total. The minimum absolute atomic E-state index is 0.391. The molecule has 0 spiro atoms. The molecule has 4 atom stereocenters. The van der Waals surface area contributed by atoms with E-state index in [9.17, 15) is 0 Å². The molecule has 3 aliphatic heterocycles. The number of hydrogen-bond acceptors (Lipinski definition) is 3. The van der Waals surface area contributed by atoms with Crippen molar-refractivity contribution in [3.8, 4) is 0 Å². The minimum Gasteiger partial charge on any atom is -0.303 e. The number of rotatable bonds is 7. The van der Waals surface area contributed by atoms with E-state index in [1.165, 1.54) is 84.0 Å². The second kappa shape index (κ2) is 10.2. The summed E-state index contributed by atoms with van der Waals surface area (Å²) in [5, 5.41) is 0. The Balaban J connectivity index is 1.60. The van der Waals surface area contributed by atoms with E-state index in [2.05, 4.69) is 77.3 Å². The molecule has 0 amide bonds. The summed E-state index contributed by atoms with van der Waals surface area (Å²) in [6, 6.07) is 2.28. The normalized spacial score (nSPS) is 32.5. The zero-order chi connectivity index (χ0) is 23.7. The second-order valence-corrected chi connectivity index (χ2v) is 14.4. The molecule has 4 unspecified atom stereocenters. The van der Waals surface area contributed by atoms with Gasteiger partial charge in [-0.1, -0.05) is 54.9 Å². The van der Waals surface area contributed by atoms with Crippen LogP contribution < -0.4 is 0 Å². The summed E-state index contributed by atoms with van der Waals surface area (Å²) >= 11 is 0. The summed E-state index contributed by atoms with van der Waals surface area (Å²) in [6.45, 7) is 22.7. The first-order valence-electron chi connectivity index (χ1n) is 14.0. The molecule has 0 saturated carbocycles. The molecule has 188 valence electrons. The van der Waals surface area contributed by atoms with E-state index in [1.807, 2.05) is 0 Å². The zero-order valence-corrected chi connectivity index (χ0v) is 23.3. The van der Waals surface area contributed by atoms with Gasteiger partial charge >= 0.3 is 0 Å². The third-order valence-electron chi connectivity index (χ3n) is 9.95. The van der Waals surface area contributed by atoms with E-state index in [4.69, 9.17) is 0 Å². The van der Waals surface area contributed by atoms with Crippen molar-refractivity contribution in [3.05, 3.63) is 0 Å². The van der Waals surface area contributed by atoms with Crippen molar-refractivity contribution in [2.45, 2.75) is 124 Å². The van der Waals surface area contributed by atoms with Gasteiger partial charge in [-0.2, -0.15) is 0 Å². The Morgan fingerprint density at radius 1 is 0.688 bits per heavy atom. The van der Waals surface area contributed by atoms with E-state index < -0.39 is 0 Å². The van der Waals surface area contributed by atoms with Crippen molar-refractivity contribution in [1.82, 2.24) is 14.7 Å². The Bertz CT molecular complexity index is 590. The summed E-state index contributed by atoms with van der Waals surface area (Å²) in [6.07, 6.45) is 12.5. The van der Waals surface area contributed by atoms with Crippen molar-refractivity contribution in [1.29, 1.82) is 0 Å². The van der Waals surface area contributed by atoms with Crippen LogP contribution in [0.5, 0.6) is 0 Å². The van der Waals surface area contributed by atoms with E-state index in [1.54, 1.807) is 0 Å². The molecular formula is C29H57N3. The van der Waals surface area contributed by atoms with Gasteiger partial charge in [0.05, 0.1) is 0 Å². The number of likely N-dealkylation sites (tertiary alicyclic amines) is 3. The summed E-state index contributed by atoms with van der Waals surface area (Å²) in [5.41, 5.74) is 1.25. The maximum Gasteiger partial charge on any atom is 0.0147 e. The Hall–Kier alpha value is -0.120. The molecule has 3 heterocycles. The Morgan fingerprint density at radius 2 is 1.38 bits per heavy atom. The maximum atomic E-state index is 2.92. The number of nitrogens with zero attached hydrogens (tertiary/aromatic N) is 3. The molecule has 0 radical (unpaired) electrons. The van der Waals surface area contributed by atoms with Gasteiger partial charge in [0.15, 0.2) is 0 Å². The van der Waals surface area contributed by atoms with Crippen molar-refractivity contribution < 1.29 is 0 Å². The molecule has 3 aliphatic rings. The van der Waals surface area contributed by atoms with Crippen molar-refractivity contribution in [2.75, 3.05) is 40.3 Å². The van der Waals surface area contributed by atoms with Crippen LogP contribution in [0.4, 0.5) is 0 Å². The van der Waals surface area contributed by atoms with Gasteiger partial charge in [0.2, 0.25) is 0 Å². The fourth-order valence-electron chi connectivity index (χ4n) is 7.55. The molecule has 0 aliphatic carbocycles. The highest BCUT2D eigenvalue weighted by Crippen LogP contribution is 2.42. The average Bonchev–Trinajstić information content (AvgIpc) is 3.14. The molecule has 3 nitrogen and oxygen atoms in total. The van der Waals surface area contributed by atoms with E-state index in [-0.39, 0.29) is 0 Å². The first-order valence-corrected chi connectivity index (χ1v) is 14.0. The van der Waals surface area contributed by atoms with Crippen molar-refractivity contribution in [2.24, 2.45) is 22.2 Å². The van der Waals surface area contributed by atoms with Gasteiger partial charge in [-0.05, 0) is 107 Å². The Labute approximate surface area is 201 Å². The van der Waals surface area contributed by atoms with Crippen LogP contribution in [0.3, 0.4) is 0 Å². The average molecular weight is 448 g/mol. The molecule has 0 aromatic heterocycles. The number of hydrogen-bond donors (Lipinski definition) is 0. The number of piperidine rings is 2. The lowest BCUT2D eigenvalue weighted by Crippen LogP contribution is -2.53. The third-order valence-corrected chi connectivity index (χ3v) is 9.95. The lowest BCUT2D eigenvalue weighted by Gasteiger charge is -2.50. The third kappa shape index (κ3) is 6.30. The monoisotopic (exact) mass is 447 g/mol. The predicted molar refractivity (Wildman–Crippen MR) is 140 cm³/mol. The topological polar surface area (TPSA) is 9.72 Å². The lowest BCUT2D eigenvalue weighted by molar-refractivity contribution is -0.000103. The Morgan fingerprint density at radius 3 is 1.97 bits per heavy atom. The second-order valence-electron chi connectivity index (χ2n) is 14.4. The fourth-order valence-corrected chi connectivity index (χ4v) is 7.55. The van der Waals surface area contributed by atoms with Crippen LogP contribution in [0, 0.1) is 22.2 Å². The summed E-state index contributed by atoms with van der Waals surface area (Å²) in [5.74, 6) is 0.842. The highest BCUT2D eigenvalue weighted by Gasteiger charge is 2.42. The van der Waals surface area contributed by atoms with Crippen LogP contribution in [0.1, 0.15) is 106 Å². The smallest absolute Gasteiger partial charge is 0.0147 e. The molecule has 0 aromatic carbocycles. The molecule has 3 heteroatoms. The quantitative estimate of drug-likeness (QED) is 0.439. The predicted octanol–water partition coefficient (Wildman–Crippen LogP) is 6.52. The van der Waals surface area contributed by atoms with E-state index in [0.717, 1.165) is 24.0 Å². The summed E-state index contributed by atoms with van der Waals surface area (Å²) in [4.78, 5) is 8.26. The lowest BCUT2D eigenvalue weighted by atomic mass is 9.70. The van der Waals surface area contributed by atoms with Crippen LogP contribution in [-0.2, 0) is 0 Å². The van der Waals surface area contributed by atoms with Crippen LogP contribution in [-0.4, -0.2) is 73.1 Å². The van der Waals surface area contributed by atoms with Gasteiger partial charge in [0, 0.05) is 24.7 Å². The van der Waals surface area contributed by atoms with Crippen molar-refractivity contribution in [3.63, 3.8) is 0 Å². The fraction of sp³-hybridized carbons (Fsp3) is 1.00. The molecule has 3 rings (SSSR count). The minimum atomic E-state index is 0.391. The molecule has 3 fully saturated rings. The first-order chi connectivity index (χ1) is 14.8. The van der Waals surface area contributed by atoms with Crippen LogP contribution in [0.15, 0.2) is 0 Å². The highest BCUT2D eigenvalue weighted by molar-refractivity contribution is 4.96. The first kappa shape index (κ1) is 26.5. The molecule has 0 aromatic rings. The van der Waals surface area contributed by atoms with Crippen LogP contribution in [0.2, 0.25) is 0 Å². The summed E-state index contributed by atoms with van der Waals surface area (Å²) < 4.78 is 0. The molecular weight excluding hydrogens is 390 g/mol. The largest absolute Gasteiger partial charge is 0.303 e. The molecule has 0 bridgehead atoms. The maximum absolute atomic E-state index is 2.92. The van der Waals surface area contributed by atoms with Gasteiger partial charge in [0.25, 0.3) is 0 Å². The molecule has 32 heavy (non-hydrogen) atoms.